The zero-order valence-corrected chi connectivity index (χ0v) is 12.1. The zero-order chi connectivity index (χ0) is 14.9. The number of sulfonamides is 1. The number of hydrogen-bond donors (Lipinski definition) is 1. The Kier molecular flexibility index (Phi) is 4.11. The molecule has 2 heterocycles. The van der Waals surface area contributed by atoms with Gasteiger partial charge in [0.05, 0.1) is 24.8 Å². The first-order valence-corrected chi connectivity index (χ1v) is 7.57. The lowest BCUT2D eigenvalue weighted by molar-refractivity contribution is -0.143. The van der Waals surface area contributed by atoms with E-state index in [0.29, 0.717) is 5.69 Å². The third-order valence-electron chi connectivity index (χ3n) is 3.14. The molecule has 0 saturated carbocycles. The van der Waals surface area contributed by atoms with Crippen LogP contribution in [0.5, 0.6) is 0 Å². The summed E-state index contributed by atoms with van der Waals surface area (Å²) in [5.74, 6) is -1.92. The van der Waals surface area contributed by atoms with E-state index in [1.54, 1.807) is 14.0 Å². The Hall–Kier alpha value is -1.45. The fourth-order valence-corrected chi connectivity index (χ4v) is 3.76. The number of carbonyl (C=O) groups is 1. The number of aromatic nitrogens is 2. The van der Waals surface area contributed by atoms with E-state index in [0.717, 1.165) is 4.31 Å². The zero-order valence-electron chi connectivity index (χ0n) is 11.3. The monoisotopic (exact) mass is 303 g/mol. The van der Waals surface area contributed by atoms with Crippen LogP contribution in [0.25, 0.3) is 0 Å². The molecule has 0 spiro atoms. The summed E-state index contributed by atoms with van der Waals surface area (Å²) < 4.78 is 32.7. The molecule has 0 bridgehead atoms. The predicted molar refractivity (Wildman–Crippen MR) is 68.6 cm³/mol. The molecular formula is C11H17N3O5S. The maximum Gasteiger partial charge on any atom is 0.310 e. The Bertz CT molecular complexity index is 610. The number of aryl methyl sites for hydroxylation is 2. The van der Waals surface area contributed by atoms with Gasteiger partial charge in [0.15, 0.2) is 5.03 Å². The molecule has 1 saturated heterocycles. The molecule has 1 aromatic rings. The van der Waals surface area contributed by atoms with Crippen molar-refractivity contribution < 1.29 is 23.1 Å². The van der Waals surface area contributed by atoms with Crippen LogP contribution in [0.15, 0.2) is 11.1 Å². The highest BCUT2D eigenvalue weighted by Crippen LogP contribution is 2.19. The normalized spacial score (nSPS) is 21.6. The number of hydrogen-bond acceptors (Lipinski definition) is 5. The van der Waals surface area contributed by atoms with Gasteiger partial charge in [0.1, 0.15) is 0 Å². The summed E-state index contributed by atoms with van der Waals surface area (Å²) in [7, 11) is -2.23. The second-order valence-corrected chi connectivity index (χ2v) is 6.61. The summed E-state index contributed by atoms with van der Waals surface area (Å²) >= 11 is 0. The third-order valence-corrected chi connectivity index (χ3v) is 5.06. The second kappa shape index (κ2) is 5.51. The third kappa shape index (κ3) is 2.84. The SMILES string of the molecule is Cc1cc(S(=O)(=O)N2CCOCC(C(=O)O)C2)n(C)n1. The van der Waals surface area contributed by atoms with Gasteiger partial charge in [-0.3, -0.25) is 9.48 Å². The van der Waals surface area contributed by atoms with Crippen LogP contribution in [0.2, 0.25) is 0 Å². The molecule has 1 aliphatic heterocycles. The van der Waals surface area contributed by atoms with Crippen LogP contribution in [0.4, 0.5) is 0 Å². The molecule has 1 unspecified atom stereocenters. The summed E-state index contributed by atoms with van der Waals surface area (Å²) in [6.45, 7) is 1.94. The van der Waals surface area contributed by atoms with Gasteiger partial charge in [0.2, 0.25) is 0 Å². The minimum absolute atomic E-state index is 0.0196. The lowest BCUT2D eigenvalue weighted by atomic mass is 10.2. The summed E-state index contributed by atoms with van der Waals surface area (Å²) in [4.78, 5) is 11.1. The fourth-order valence-electron chi connectivity index (χ4n) is 2.11. The van der Waals surface area contributed by atoms with Crippen LogP contribution in [0.3, 0.4) is 0 Å². The van der Waals surface area contributed by atoms with Crippen molar-refractivity contribution in [2.45, 2.75) is 11.9 Å². The number of aliphatic carboxylic acids is 1. The topological polar surface area (TPSA) is 102 Å². The number of ether oxygens (including phenoxy) is 1. The molecule has 2 rings (SSSR count). The molecule has 0 aromatic carbocycles. The number of nitrogens with zero attached hydrogens (tertiary/aromatic N) is 3. The van der Waals surface area contributed by atoms with Crippen molar-refractivity contribution in [1.82, 2.24) is 14.1 Å². The Morgan fingerprint density at radius 1 is 1.55 bits per heavy atom. The second-order valence-electron chi connectivity index (χ2n) is 4.72. The van der Waals surface area contributed by atoms with Gasteiger partial charge in [-0.15, -0.1) is 0 Å². The van der Waals surface area contributed by atoms with Crippen molar-refractivity contribution in [1.29, 1.82) is 0 Å². The molecule has 1 fully saturated rings. The molecule has 1 N–H and O–H groups in total. The van der Waals surface area contributed by atoms with Crippen molar-refractivity contribution >= 4 is 16.0 Å². The molecule has 0 radical (unpaired) electrons. The molecule has 0 amide bonds. The van der Waals surface area contributed by atoms with Crippen LogP contribution < -0.4 is 0 Å². The summed E-state index contributed by atoms with van der Waals surface area (Å²) in [5.41, 5.74) is 0.590. The van der Waals surface area contributed by atoms with Gasteiger partial charge in [-0.2, -0.15) is 9.40 Å². The number of carboxylic acid groups (broad SMARTS) is 1. The van der Waals surface area contributed by atoms with Crippen LogP contribution in [-0.4, -0.2) is 59.9 Å². The summed E-state index contributed by atoms with van der Waals surface area (Å²) in [6.07, 6.45) is 0. The number of carboxylic acids is 1. The lowest BCUT2D eigenvalue weighted by Gasteiger charge is -2.21. The lowest BCUT2D eigenvalue weighted by Crippen LogP contribution is -2.38. The highest BCUT2D eigenvalue weighted by atomic mass is 32.2. The van der Waals surface area contributed by atoms with Gasteiger partial charge in [-0.25, -0.2) is 8.42 Å². The van der Waals surface area contributed by atoms with E-state index in [9.17, 15) is 13.2 Å². The van der Waals surface area contributed by atoms with Crippen LogP contribution in [0, 0.1) is 12.8 Å². The average Bonchev–Trinajstić information content (AvgIpc) is 2.59. The van der Waals surface area contributed by atoms with Gasteiger partial charge in [0, 0.05) is 20.1 Å². The van der Waals surface area contributed by atoms with Crippen molar-refractivity contribution in [2.75, 3.05) is 26.3 Å². The Morgan fingerprint density at radius 2 is 2.25 bits per heavy atom. The Morgan fingerprint density at radius 3 is 2.80 bits per heavy atom. The van der Waals surface area contributed by atoms with E-state index in [1.165, 1.54) is 10.7 Å². The predicted octanol–water partition coefficient (Wildman–Crippen LogP) is -0.550. The first-order chi connectivity index (χ1) is 9.32. The molecule has 8 nitrogen and oxygen atoms in total. The molecular weight excluding hydrogens is 286 g/mol. The van der Waals surface area contributed by atoms with Gasteiger partial charge in [-0.05, 0) is 13.0 Å². The van der Waals surface area contributed by atoms with Crippen molar-refractivity contribution in [3.63, 3.8) is 0 Å². The van der Waals surface area contributed by atoms with Gasteiger partial charge in [0.25, 0.3) is 10.0 Å². The van der Waals surface area contributed by atoms with E-state index in [2.05, 4.69) is 5.10 Å². The smallest absolute Gasteiger partial charge is 0.310 e. The summed E-state index contributed by atoms with van der Waals surface area (Å²) in [5, 5.41) is 13.1. The molecule has 9 heteroatoms. The maximum absolute atomic E-state index is 12.6. The minimum atomic E-state index is -3.77. The largest absolute Gasteiger partial charge is 0.481 e. The fraction of sp³-hybridized carbons (Fsp3) is 0.636. The minimum Gasteiger partial charge on any atom is -0.481 e. The number of rotatable bonds is 3. The Balaban J connectivity index is 2.32. The van der Waals surface area contributed by atoms with Crippen LogP contribution >= 0.6 is 0 Å². The molecule has 1 aliphatic rings. The molecule has 0 aliphatic carbocycles. The van der Waals surface area contributed by atoms with Crippen molar-refractivity contribution in [3.05, 3.63) is 11.8 Å². The standard InChI is InChI=1S/C11H17N3O5S/c1-8-5-10(13(2)12-8)20(17,18)14-3-4-19-7-9(6-14)11(15)16/h5,9H,3-4,6-7H2,1-2H3,(H,15,16). The van der Waals surface area contributed by atoms with Crippen LogP contribution in [-0.2, 0) is 26.6 Å². The van der Waals surface area contributed by atoms with Gasteiger partial charge in [-0.1, -0.05) is 0 Å². The molecule has 1 aromatic heterocycles. The van der Waals surface area contributed by atoms with E-state index >= 15 is 0 Å². The highest BCUT2D eigenvalue weighted by Gasteiger charge is 2.33. The molecule has 1 atom stereocenters. The quantitative estimate of drug-likeness (QED) is 0.804. The van der Waals surface area contributed by atoms with E-state index in [1.807, 2.05) is 0 Å². The van der Waals surface area contributed by atoms with Gasteiger partial charge >= 0.3 is 5.97 Å². The van der Waals surface area contributed by atoms with Gasteiger partial charge < -0.3 is 9.84 Å². The van der Waals surface area contributed by atoms with Crippen molar-refractivity contribution in [2.24, 2.45) is 13.0 Å². The van der Waals surface area contributed by atoms with Crippen LogP contribution in [0.1, 0.15) is 5.69 Å². The van der Waals surface area contributed by atoms with Crippen molar-refractivity contribution in [3.8, 4) is 0 Å². The first-order valence-electron chi connectivity index (χ1n) is 6.13. The Labute approximate surface area is 117 Å². The first kappa shape index (κ1) is 14.9. The summed E-state index contributed by atoms with van der Waals surface area (Å²) in [6, 6.07) is 1.47. The average molecular weight is 303 g/mol. The maximum atomic E-state index is 12.6. The molecule has 20 heavy (non-hydrogen) atoms. The van der Waals surface area contributed by atoms with E-state index in [-0.39, 0.29) is 31.3 Å². The van der Waals surface area contributed by atoms with E-state index in [4.69, 9.17) is 9.84 Å². The molecule has 112 valence electrons. The van der Waals surface area contributed by atoms with E-state index < -0.39 is 21.9 Å². The highest BCUT2D eigenvalue weighted by molar-refractivity contribution is 7.89.